The SMILES string of the molecule is CC(C)C(=O)Nc1cc(O)c(O)cc1[N+](=O)[O-]. The molecule has 0 radical (unpaired) electrons. The highest BCUT2D eigenvalue weighted by atomic mass is 16.6. The van der Waals surface area contributed by atoms with Crippen molar-refractivity contribution in [1.82, 2.24) is 0 Å². The molecule has 0 saturated carbocycles. The first-order chi connectivity index (χ1) is 7.82. The summed E-state index contributed by atoms with van der Waals surface area (Å²) in [6, 6.07) is 1.72. The average Bonchev–Trinajstić information content (AvgIpc) is 2.22. The molecule has 1 aromatic carbocycles. The minimum Gasteiger partial charge on any atom is -0.504 e. The van der Waals surface area contributed by atoms with Crippen molar-refractivity contribution in [2.75, 3.05) is 5.32 Å². The molecule has 3 N–H and O–H groups in total. The average molecular weight is 240 g/mol. The molecule has 0 unspecified atom stereocenters. The van der Waals surface area contributed by atoms with Crippen molar-refractivity contribution >= 4 is 17.3 Å². The van der Waals surface area contributed by atoms with E-state index >= 15 is 0 Å². The normalized spacial score (nSPS) is 10.3. The Labute approximate surface area is 96.8 Å². The number of anilines is 1. The van der Waals surface area contributed by atoms with Gasteiger partial charge in [-0.25, -0.2) is 0 Å². The first-order valence-electron chi connectivity index (χ1n) is 4.84. The van der Waals surface area contributed by atoms with Gasteiger partial charge in [0.1, 0.15) is 5.69 Å². The molecule has 0 spiro atoms. The standard InChI is InChI=1S/C10H12N2O5/c1-5(2)10(15)11-6-3-8(13)9(14)4-7(6)12(16)17/h3-5,13-14H,1-2H3,(H,11,15). The van der Waals surface area contributed by atoms with Crippen molar-refractivity contribution in [3.8, 4) is 11.5 Å². The summed E-state index contributed by atoms with van der Waals surface area (Å²) >= 11 is 0. The van der Waals surface area contributed by atoms with Crippen molar-refractivity contribution < 1.29 is 19.9 Å². The summed E-state index contributed by atoms with van der Waals surface area (Å²) in [6.45, 7) is 3.25. The molecule has 0 aliphatic carbocycles. The third-order valence-electron chi connectivity index (χ3n) is 2.07. The summed E-state index contributed by atoms with van der Waals surface area (Å²) in [5.41, 5.74) is -0.627. The molecule has 0 fully saturated rings. The Kier molecular flexibility index (Phi) is 3.52. The number of nitrogens with one attached hydrogen (secondary N) is 1. The zero-order valence-corrected chi connectivity index (χ0v) is 9.30. The van der Waals surface area contributed by atoms with Crippen LogP contribution in [0.3, 0.4) is 0 Å². The number of benzene rings is 1. The minimum atomic E-state index is -0.755. The highest BCUT2D eigenvalue weighted by Crippen LogP contribution is 2.36. The second-order valence-corrected chi connectivity index (χ2v) is 3.76. The van der Waals surface area contributed by atoms with Crippen molar-refractivity contribution in [1.29, 1.82) is 0 Å². The summed E-state index contributed by atoms with van der Waals surface area (Å²) in [7, 11) is 0. The van der Waals surface area contributed by atoms with Gasteiger partial charge in [-0.2, -0.15) is 0 Å². The number of carbonyl (C=O) groups excluding carboxylic acids is 1. The number of aromatic hydroxyl groups is 2. The largest absolute Gasteiger partial charge is 0.504 e. The van der Waals surface area contributed by atoms with E-state index in [0.717, 1.165) is 12.1 Å². The van der Waals surface area contributed by atoms with Crippen molar-refractivity contribution in [2.45, 2.75) is 13.8 Å². The highest BCUT2D eigenvalue weighted by Gasteiger charge is 2.20. The molecule has 92 valence electrons. The molecule has 1 aromatic rings. The number of carbonyl (C=O) groups is 1. The molecular weight excluding hydrogens is 228 g/mol. The number of hydrogen-bond donors (Lipinski definition) is 3. The number of amides is 1. The van der Waals surface area contributed by atoms with Crippen LogP contribution in [0.25, 0.3) is 0 Å². The van der Waals surface area contributed by atoms with Gasteiger partial charge in [-0.1, -0.05) is 13.8 Å². The lowest BCUT2D eigenvalue weighted by Crippen LogP contribution is -2.18. The molecule has 1 rings (SSSR count). The van der Waals surface area contributed by atoms with Crippen molar-refractivity contribution in [3.63, 3.8) is 0 Å². The fourth-order valence-corrected chi connectivity index (χ4v) is 1.09. The van der Waals surface area contributed by atoms with E-state index in [9.17, 15) is 20.0 Å². The van der Waals surface area contributed by atoms with Gasteiger partial charge in [0.05, 0.1) is 11.0 Å². The van der Waals surface area contributed by atoms with E-state index in [1.807, 2.05) is 0 Å². The van der Waals surface area contributed by atoms with E-state index in [4.69, 9.17) is 5.11 Å². The number of rotatable bonds is 3. The molecule has 7 heteroatoms. The van der Waals surface area contributed by atoms with E-state index in [2.05, 4.69) is 5.32 Å². The zero-order valence-electron chi connectivity index (χ0n) is 9.30. The molecule has 0 bridgehead atoms. The molecule has 0 atom stereocenters. The Bertz CT molecular complexity index is 470. The van der Waals surface area contributed by atoms with Crippen LogP contribution in [0.1, 0.15) is 13.8 Å². The third-order valence-corrected chi connectivity index (χ3v) is 2.07. The van der Waals surface area contributed by atoms with Crippen LogP contribution in [0.4, 0.5) is 11.4 Å². The molecule has 0 aliphatic rings. The minimum absolute atomic E-state index is 0.149. The van der Waals surface area contributed by atoms with E-state index in [1.165, 1.54) is 0 Å². The molecule has 7 nitrogen and oxygen atoms in total. The molecule has 1 amide bonds. The van der Waals surface area contributed by atoms with Crippen LogP contribution < -0.4 is 5.32 Å². The number of hydrogen-bond acceptors (Lipinski definition) is 5. The lowest BCUT2D eigenvalue weighted by Gasteiger charge is -2.09. The second-order valence-electron chi connectivity index (χ2n) is 3.76. The van der Waals surface area contributed by atoms with Crippen molar-refractivity contribution in [2.24, 2.45) is 5.92 Å². The predicted octanol–water partition coefficient (Wildman–Crippen LogP) is 1.60. The number of phenols is 2. The summed E-state index contributed by atoms with van der Waals surface area (Å²) in [5.74, 6) is -1.92. The maximum Gasteiger partial charge on any atom is 0.296 e. The quantitative estimate of drug-likeness (QED) is 0.321. The van der Waals surface area contributed by atoms with E-state index in [1.54, 1.807) is 13.8 Å². The smallest absolute Gasteiger partial charge is 0.296 e. The molecular formula is C10H12N2O5. The Balaban J connectivity index is 3.17. The Hall–Kier alpha value is -2.31. The van der Waals surface area contributed by atoms with Crippen LogP contribution >= 0.6 is 0 Å². The Morgan fingerprint density at radius 2 is 1.88 bits per heavy atom. The van der Waals surface area contributed by atoms with E-state index in [-0.39, 0.29) is 11.6 Å². The van der Waals surface area contributed by atoms with Crippen LogP contribution in [0.2, 0.25) is 0 Å². The van der Waals surface area contributed by atoms with E-state index in [0.29, 0.717) is 0 Å². The van der Waals surface area contributed by atoms with Gasteiger partial charge in [0, 0.05) is 12.0 Å². The van der Waals surface area contributed by atoms with Crippen LogP contribution in [0.5, 0.6) is 11.5 Å². The van der Waals surface area contributed by atoms with Gasteiger partial charge in [0.25, 0.3) is 5.69 Å². The summed E-state index contributed by atoms with van der Waals surface area (Å²) in [6.07, 6.45) is 0. The maximum absolute atomic E-state index is 11.4. The first-order valence-corrected chi connectivity index (χ1v) is 4.84. The van der Waals surface area contributed by atoms with Crippen molar-refractivity contribution in [3.05, 3.63) is 22.2 Å². The monoisotopic (exact) mass is 240 g/mol. The van der Waals surface area contributed by atoms with E-state index < -0.39 is 28.0 Å². The lowest BCUT2D eigenvalue weighted by molar-refractivity contribution is -0.384. The van der Waals surface area contributed by atoms with Crippen LogP contribution in [0.15, 0.2) is 12.1 Å². The maximum atomic E-state index is 11.4. The fourth-order valence-electron chi connectivity index (χ4n) is 1.09. The molecule has 0 aromatic heterocycles. The second kappa shape index (κ2) is 4.69. The number of phenolic OH excluding ortho intramolecular Hbond substituents is 2. The van der Waals surface area contributed by atoms with Gasteiger partial charge < -0.3 is 15.5 Å². The Morgan fingerprint density at radius 1 is 1.35 bits per heavy atom. The lowest BCUT2D eigenvalue weighted by atomic mass is 10.2. The topological polar surface area (TPSA) is 113 Å². The molecule has 0 saturated heterocycles. The predicted molar refractivity (Wildman–Crippen MR) is 59.9 cm³/mol. The molecule has 0 heterocycles. The first kappa shape index (κ1) is 12.8. The third kappa shape index (κ3) is 2.83. The fraction of sp³-hybridized carbons (Fsp3) is 0.300. The highest BCUT2D eigenvalue weighted by molar-refractivity contribution is 5.94. The zero-order chi connectivity index (χ0) is 13.2. The number of nitro benzene ring substituents is 1. The van der Waals surface area contributed by atoms with Gasteiger partial charge >= 0.3 is 0 Å². The Morgan fingerprint density at radius 3 is 2.35 bits per heavy atom. The molecule has 0 aliphatic heterocycles. The number of nitrogens with zero attached hydrogens (tertiary/aromatic N) is 1. The van der Waals surface area contributed by atoms with Gasteiger partial charge in [0.2, 0.25) is 5.91 Å². The van der Waals surface area contributed by atoms with Crippen LogP contribution in [-0.2, 0) is 4.79 Å². The van der Waals surface area contributed by atoms with Crippen LogP contribution in [0, 0.1) is 16.0 Å². The summed E-state index contributed by atoms with van der Waals surface area (Å²) < 4.78 is 0. The number of nitro groups is 1. The van der Waals surface area contributed by atoms with Gasteiger partial charge in [0.15, 0.2) is 11.5 Å². The van der Waals surface area contributed by atoms with Gasteiger partial charge in [-0.05, 0) is 0 Å². The van der Waals surface area contributed by atoms with Gasteiger partial charge in [-0.15, -0.1) is 0 Å². The molecule has 17 heavy (non-hydrogen) atoms. The summed E-state index contributed by atoms with van der Waals surface area (Å²) in [5, 5.41) is 31.4. The van der Waals surface area contributed by atoms with Crippen LogP contribution in [-0.4, -0.2) is 21.0 Å². The van der Waals surface area contributed by atoms with Gasteiger partial charge in [-0.3, -0.25) is 14.9 Å². The summed E-state index contributed by atoms with van der Waals surface area (Å²) in [4.78, 5) is 21.3.